The van der Waals surface area contributed by atoms with Gasteiger partial charge in [0.15, 0.2) is 11.9 Å². The highest BCUT2D eigenvalue weighted by molar-refractivity contribution is 5.98. The van der Waals surface area contributed by atoms with Gasteiger partial charge in [0.25, 0.3) is 0 Å². The largest absolute Gasteiger partial charge is 0.349 e. The molecule has 76 valence electrons. The molecule has 0 unspecified atom stereocenters. The van der Waals surface area contributed by atoms with Crippen LogP contribution in [0.2, 0.25) is 0 Å². The maximum atomic E-state index is 4.08. The van der Waals surface area contributed by atoms with Crippen molar-refractivity contribution >= 4 is 11.9 Å². The lowest BCUT2D eigenvalue weighted by molar-refractivity contribution is 0.571. The predicted octanol–water partition coefficient (Wildman–Crippen LogP) is -0.329. The van der Waals surface area contributed by atoms with E-state index in [0.29, 0.717) is 0 Å². The zero-order valence-corrected chi connectivity index (χ0v) is 9.29. The molecule has 0 aliphatic carbocycles. The molecule has 5 nitrogen and oxygen atoms in total. The average molecular weight is 185 g/mol. The summed E-state index contributed by atoms with van der Waals surface area (Å²) in [5.41, 5.74) is 0. The summed E-state index contributed by atoms with van der Waals surface area (Å²) in [5.74, 6) is 1.57. The highest BCUT2D eigenvalue weighted by Gasteiger charge is 2.05. The predicted molar refractivity (Wildman–Crippen MR) is 57.2 cm³/mol. The van der Waals surface area contributed by atoms with Gasteiger partial charge in [-0.3, -0.25) is 15.3 Å². The molecule has 0 saturated carbocycles. The van der Waals surface area contributed by atoms with Crippen molar-refractivity contribution in [3.05, 3.63) is 0 Å². The molecule has 0 aromatic rings. The lowest BCUT2D eigenvalue weighted by atomic mass is 10.7. The number of aliphatic imine (C=N–C) groups is 2. The van der Waals surface area contributed by atoms with Crippen LogP contribution in [-0.4, -0.2) is 64.0 Å². The minimum atomic E-state index is 0.786. The first kappa shape index (κ1) is 11.7. The number of nitrogens with one attached hydrogen (secondary N) is 1. The van der Waals surface area contributed by atoms with Gasteiger partial charge in [-0.2, -0.15) is 0 Å². The van der Waals surface area contributed by atoms with Gasteiger partial charge < -0.3 is 9.80 Å². The van der Waals surface area contributed by atoms with E-state index < -0.39 is 0 Å². The Hall–Kier alpha value is -1.26. The molecule has 0 aromatic heterocycles. The van der Waals surface area contributed by atoms with Gasteiger partial charge in [-0.15, -0.1) is 0 Å². The van der Waals surface area contributed by atoms with Gasteiger partial charge in [-0.05, 0) is 0 Å². The Bertz CT molecular complexity index is 183. The van der Waals surface area contributed by atoms with Crippen molar-refractivity contribution in [2.24, 2.45) is 9.98 Å². The van der Waals surface area contributed by atoms with Crippen LogP contribution in [0.1, 0.15) is 0 Å². The average Bonchev–Trinajstić information content (AvgIpc) is 2.05. The Balaban J connectivity index is 4.40. The van der Waals surface area contributed by atoms with Gasteiger partial charge >= 0.3 is 0 Å². The second-order valence-electron chi connectivity index (χ2n) is 3.01. The smallest absolute Gasteiger partial charge is 0.199 e. The first-order valence-corrected chi connectivity index (χ1v) is 4.08. The number of hydrogen-bond acceptors (Lipinski definition) is 2. The molecule has 0 rings (SSSR count). The molecule has 0 spiro atoms. The van der Waals surface area contributed by atoms with E-state index in [1.165, 1.54) is 0 Å². The maximum absolute atomic E-state index is 4.08. The van der Waals surface area contributed by atoms with Crippen LogP contribution in [0.3, 0.4) is 0 Å². The SMILES string of the molecule is C/N=C(/N/C(=N/C)N(C)C)N(C)C. The van der Waals surface area contributed by atoms with E-state index in [1.807, 2.05) is 38.0 Å². The highest BCUT2D eigenvalue weighted by atomic mass is 15.4. The van der Waals surface area contributed by atoms with E-state index >= 15 is 0 Å². The fourth-order valence-electron chi connectivity index (χ4n) is 0.835. The molecule has 0 saturated heterocycles. The van der Waals surface area contributed by atoms with Crippen molar-refractivity contribution in [1.29, 1.82) is 0 Å². The summed E-state index contributed by atoms with van der Waals surface area (Å²) < 4.78 is 0. The quantitative estimate of drug-likeness (QED) is 0.415. The molecule has 0 radical (unpaired) electrons. The second kappa shape index (κ2) is 5.40. The summed E-state index contributed by atoms with van der Waals surface area (Å²) in [6.45, 7) is 0. The van der Waals surface area contributed by atoms with Crippen LogP contribution in [0.4, 0.5) is 0 Å². The molecular weight excluding hydrogens is 166 g/mol. The van der Waals surface area contributed by atoms with Gasteiger partial charge in [0, 0.05) is 42.3 Å². The molecule has 1 N–H and O–H groups in total. The van der Waals surface area contributed by atoms with Crippen LogP contribution in [-0.2, 0) is 0 Å². The summed E-state index contributed by atoms with van der Waals surface area (Å²) in [6, 6.07) is 0. The van der Waals surface area contributed by atoms with Crippen molar-refractivity contribution in [3.8, 4) is 0 Å². The zero-order chi connectivity index (χ0) is 10.4. The third-order valence-corrected chi connectivity index (χ3v) is 1.49. The molecule has 0 aromatic carbocycles. The molecular formula is C8H19N5. The Morgan fingerprint density at radius 1 is 0.846 bits per heavy atom. The molecule has 0 amide bonds. The van der Waals surface area contributed by atoms with Crippen molar-refractivity contribution in [3.63, 3.8) is 0 Å². The first-order valence-electron chi connectivity index (χ1n) is 4.08. The molecule has 5 heteroatoms. The minimum absolute atomic E-state index is 0.786. The molecule has 0 aliphatic heterocycles. The van der Waals surface area contributed by atoms with Crippen LogP contribution in [0.25, 0.3) is 0 Å². The van der Waals surface area contributed by atoms with Crippen LogP contribution in [0.5, 0.6) is 0 Å². The first-order chi connectivity index (χ1) is 6.02. The van der Waals surface area contributed by atoms with Gasteiger partial charge in [-0.1, -0.05) is 0 Å². The van der Waals surface area contributed by atoms with E-state index in [9.17, 15) is 0 Å². The fraction of sp³-hybridized carbons (Fsp3) is 0.750. The van der Waals surface area contributed by atoms with Gasteiger partial charge in [0.2, 0.25) is 0 Å². The Morgan fingerprint density at radius 3 is 1.31 bits per heavy atom. The number of nitrogens with zero attached hydrogens (tertiary/aromatic N) is 4. The second-order valence-corrected chi connectivity index (χ2v) is 3.01. The Kier molecular flexibility index (Phi) is 4.87. The molecule has 0 bridgehead atoms. The standard InChI is InChI=1S/C8H19N5/c1-9-7(12(3)4)11-8(10-2)13(5)6/h1-6H3,(H,9,10,11). The lowest BCUT2D eigenvalue weighted by Gasteiger charge is -2.21. The van der Waals surface area contributed by atoms with Crippen LogP contribution < -0.4 is 5.32 Å². The summed E-state index contributed by atoms with van der Waals surface area (Å²) in [4.78, 5) is 12.0. The van der Waals surface area contributed by atoms with E-state index in [4.69, 9.17) is 0 Å². The monoisotopic (exact) mass is 185 g/mol. The minimum Gasteiger partial charge on any atom is -0.349 e. The van der Waals surface area contributed by atoms with Gasteiger partial charge in [0.1, 0.15) is 0 Å². The molecule has 0 atom stereocenters. The number of guanidine groups is 2. The maximum Gasteiger partial charge on any atom is 0.199 e. The van der Waals surface area contributed by atoms with Crippen molar-refractivity contribution in [2.45, 2.75) is 0 Å². The van der Waals surface area contributed by atoms with Gasteiger partial charge in [0.05, 0.1) is 0 Å². The van der Waals surface area contributed by atoms with E-state index in [1.54, 1.807) is 14.1 Å². The Morgan fingerprint density at radius 2 is 1.15 bits per heavy atom. The summed E-state index contributed by atoms with van der Waals surface area (Å²) in [7, 11) is 11.2. The molecule has 13 heavy (non-hydrogen) atoms. The third kappa shape index (κ3) is 3.78. The molecule has 0 heterocycles. The van der Waals surface area contributed by atoms with E-state index in [2.05, 4.69) is 15.3 Å². The molecule has 0 aliphatic rings. The normalized spacial score (nSPS) is 12.8. The summed E-state index contributed by atoms with van der Waals surface area (Å²) in [5, 5.41) is 3.10. The summed E-state index contributed by atoms with van der Waals surface area (Å²) >= 11 is 0. The third-order valence-electron chi connectivity index (χ3n) is 1.49. The van der Waals surface area contributed by atoms with Crippen molar-refractivity contribution in [1.82, 2.24) is 15.1 Å². The van der Waals surface area contributed by atoms with E-state index in [-0.39, 0.29) is 0 Å². The van der Waals surface area contributed by atoms with Crippen molar-refractivity contribution in [2.75, 3.05) is 42.3 Å². The topological polar surface area (TPSA) is 43.2 Å². The Labute approximate surface area is 80.2 Å². The van der Waals surface area contributed by atoms with E-state index in [0.717, 1.165) is 11.9 Å². The number of rotatable bonds is 0. The zero-order valence-electron chi connectivity index (χ0n) is 9.29. The van der Waals surface area contributed by atoms with Gasteiger partial charge in [-0.25, -0.2) is 0 Å². The lowest BCUT2D eigenvalue weighted by Crippen LogP contribution is -2.45. The van der Waals surface area contributed by atoms with Crippen LogP contribution >= 0.6 is 0 Å². The number of hydrogen-bond donors (Lipinski definition) is 1. The fourth-order valence-corrected chi connectivity index (χ4v) is 0.835. The van der Waals surface area contributed by atoms with Crippen LogP contribution in [0, 0.1) is 0 Å². The van der Waals surface area contributed by atoms with Crippen LogP contribution in [0.15, 0.2) is 9.98 Å². The highest BCUT2D eigenvalue weighted by Crippen LogP contribution is 1.83. The summed E-state index contributed by atoms with van der Waals surface area (Å²) in [6.07, 6.45) is 0. The van der Waals surface area contributed by atoms with Crippen molar-refractivity contribution < 1.29 is 0 Å². The molecule has 0 fully saturated rings.